The Morgan fingerprint density at radius 3 is 1.00 bits per heavy atom. The molecule has 0 aromatic heterocycles. The Labute approximate surface area is 80.4 Å². The van der Waals surface area contributed by atoms with Gasteiger partial charge in [-0.1, -0.05) is 34.1 Å². The van der Waals surface area contributed by atoms with Crippen molar-refractivity contribution in [3.8, 4) is 12.3 Å². The van der Waals surface area contributed by atoms with E-state index in [1.54, 1.807) is 6.92 Å². The van der Waals surface area contributed by atoms with Crippen LogP contribution in [0.4, 0.5) is 0 Å². The summed E-state index contributed by atoms with van der Waals surface area (Å²) in [6, 6.07) is 0. The van der Waals surface area contributed by atoms with Crippen LogP contribution in [0.15, 0.2) is 26.3 Å². The molecule has 0 aromatic rings. The molecule has 0 unspecified atom stereocenters. The van der Waals surface area contributed by atoms with Gasteiger partial charge in [-0.3, -0.25) is 0 Å². The predicted octanol–water partition coefficient (Wildman–Crippen LogP) is 4.69. The summed E-state index contributed by atoms with van der Waals surface area (Å²) in [5.74, 6) is 2.25. The molecule has 0 aromatic carbocycles. The van der Waals surface area contributed by atoms with Crippen molar-refractivity contribution in [3.63, 3.8) is 0 Å². The molecule has 0 fully saturated rings. The molecule has 0 aliphatic rings. The molecule has 0 heteroatoms. The Morgan fingerprint density at radius 2 is 1.00 bits per heavy atom. The van der Waals surface area contributed by atoms with Crippen molar-refractivity contribution in [2.75, 3.05) is 0 Å². The van der Waals surface area contributed by atoms with Crippen LogP contribution in [0.3, 0.4) is 0 Å². The Morgan fingerprint density at radius 1 is 1.00 bits per heavy atom. The summed E-state index contributed by atoms with van der Waals surface area (Å²) in [6.45, 7) is 21.9. The molecule has 0 nitrogen and oxygen atoms in total. The molecule has 0 aliphatic carbocycles. The van der Waals surface area contributed by atoms with E-state index in [4.69, 9.17) is 0 Å². The van der Waals surface area contributed by atoms with Gasteiger partial charge < -0.3 is 0 Å². The van der Waals surface area contributed by atoms with Crippen LogP contribution in [0, 0.1) is 12.3 Å². The summed E-state index contributed by atoms with van der Waals surface area (Å²) >= 11 is 0. The average Bonchev–Trinajstić information content (AvgIpc) is 2.16. The van der Waals surface area contributed by atoms with Crippen LogP contribution in [0.1, 0.15) is 41.0 Å². The largest absolute Gasteiger partial charge is 0.120 e. The van der Waals surface area contributed by atoms with Crippen LogP contribution < -0.4 is 0 Å². The molecule has 0 radical (unpaired) electrons. The quantitative estimate of drug-likeness (QED) is 0.365. The monoisotopic (exact) mass is 170 g/mol. The second-order valence-electron chi connectivity index (χ2n) is 0.996. The minimum Gasteiger partial charge on any atom is -0.120 e. The second kappa shape index (κ2) is 759. The van der Waals surface area contributed by atoms with Gasteiger partial charge in [0.1, 0.15) is 0 Å². The Kier molecular flexibility index (Phi) is 1930. The minimum absolute atomic E-state index is 1.25. The lowest BCUT2D eigenvalue weighted by molar-refractivity contribution is 1.09. The maximum atomic E-state index is 4.60. The Balaban J connectivity index is -0.0000000174. The predicted molar refractivity (Wildman–Crippen MR) is 64.3 cm³/mol. The zero-order valence-electron chi connectivity index (χ0n) is 9.61. The van der Waals surface area contributed by atoms with Crippen LogP contribution in [0.2, 0.25) is 0 Å². The lowest BCUT2D eigenvalue weighted by atomic mass is 10.6. The number of terminal acetylenes is 1. The van der Waals surface area contributed by atoms with Gasteiger partial charge in [-0.15, -0.1) is 38.7 Å². The molecule has 0 amide bonds. The van der Waals surface area contributed by atoms with Crippen molar-refractivity contribution in [3.05, 3.63) is 26.3 Å². The zero-order valence-corrected chi connectivity index (χ0v) is 9.61. The summed E-state index contributed by atoms with van der Waals surface area (Å²) in [7, 11) is 0. The minimum atomic E-state index is 1.25. The fraction of sp³-hybridized carbons (Fsp3) is 0.500. The molecule has 0 atom stereocenters. The second-order valence-corrected chi connectivity index (χ2v) is 0.996. The first-order valence-electron chi connectivity index (χ1n) is 4.20. The van der Waals surface area contributed by atoms with Crippen LogP contribution in [-0.2, 0) is 0 Å². The van der Waals surface area contributed by atoms with E-state index in [9.17, 15) is 0 Å². The van der Waals surface area contributed by atoms with E-state index in [-0.39, 0.29) is 0 Å². The molecule has 74 valence electrons. The van der Waals surface area contributed by atoms with Crippen LogP contribution >= 0.6 is 0 Å². The molecule has 0 heterocycles. The summed E-state index contributed by atoms with van der Waals surface area (Å²) < 4.78 is 0. The molecule has 0 saturated heterocycles. The van der Waals surface area contributed by atoms with Crippen molar-refractivity contribution in [1.82, 2.24) is 0 Å². The van der Waals surface area contributed by atoms with Crippen LogP contribution in [0.5, 0.6) is 0 Å². The van der Waals surface area contributed by atoms with E-state index in [2.05, 4.69) is 52.5 Å². The highest BCUT2D eigenvalue weighted by atomic mass is 13.4. The molecule has 0 N–H and O–H groups in total. The smallest absolute Gasteiger partial charge is 0.00297 e. The van der Waals surface area contributed by atoms with Gasteiger partial charge in [0.2, 0.25) is 0 Å². The lowest BCUT2D eigenvalue weighted by Crippen LogP contribution is -1.27. The van der Waals surface area contributed by atoms with Crippen molar-refractivity contribution >= 4 is 0 Å². The molecule has 0 spiro atoms. The van der Waals surface area contributed by atoms with Gasteiger partial charge in [-0.05, 0) is 6.92 Å². The van der Waals surface area contributed by atoms with E-state index < -0.39 is 0 Å². The average molecular weight is 170 g/mol. The number of hydrogen-bond donors (Lipinski definition) is 0. The van der Waals surface area contributed by atoms with Crippen molar-refractivity contribution in [2.45, 2.75) is 41.0 Å². The first-order chi connectivity index (χ1) is 5.83. The van der Waals surface area contributed by atoms with Crippen molar-refractivity contribution in [1.29, 1.82) is 0 Å². The fourth-order valence-corrected chi connectivity index (χ4v) is 0. The summed E-state index contributed by atoms with van der Waals surface area (Å²) in [4.78, 5) is 0. The van der Waals surface area contributed by atoms with Gasteiger partial charge in [0.05, 0.1) is 0 Å². The third kappa shape index (κ3) is 634. The van der Waals surface area contributed by atoms with Gasteiger partial charge in [-0.25, -0.2) is 0 Å². The maximum Gasteiger partial charge on any atom is -0.00297 e. The molecule has 0 saturated carbocycles. The number of rotatable bonds is 0. The van der Waals surface area contributed by atoms with E-state index in [1.807, 2.05) is 13.8 Å². The van der Waals surface area contributed by atoms with E-state index in [0.717, 1.165) is 0 Å². The molecule has 0 bridgehead atoms. The highest BCUT2D eigenvalue weighted by molar-refractivity contribution is 4.73. The maximum absolute atomic E-state index is 4.60. The van der Waals surface area contributed by atoms with Gasteiger partial charge in [0.15, 0.2) is 0 Å². The van der Waals surface area contributed by atoms with Gasteiger partial charge in [-0.2, -0.15) is 0 Å². The highest BCUT2D eigenvalue weighted by Crippen LogP contribution is 1.56. The SMILES string of the molecule is C#CC.C=C.C=C.CC.CCC. The standard InChI is InChI=1S/C3H8.C3H4.C2H6.2C2H4/c2*1-3-2;3*1-2/h3H2,1-2H3;1H,2H3;1-2H3;2*1-2H2. The Bertz CT molecular complexity index is 45.5. The van der Waals surface area contributed by atoms with Crippen LogP contribution in [-0.4, -0.2) is 0 Å². The summed E-state index contributed by atoms with van der Waals surface area (Å²) in [5.41, 5.74) is 0. The van der Waals surface area contributed by atoms with E-state index >= 15 is 0 Å². The fourth-order valence-electron chi connectivity index (χ4n) is 0. The first kappa shape index (κ1) is 30.5. The Hall–Kier alpha value is -0.960. The highest BCUT2D eigenvalue weighted by Gasteiger charge is 1.35. The third-order valence-corrected chi connectivity index (χ3v) is 0. The molecule has 0 aliphatic heterocycles. The van der Waals surface area contributed by atoms with E-state index in [0.29, 0.717) is 0 Å². The van der Waals surface area contributed by atoms with Gasteiger partial charge in [0, 0.05) is 0 Å². The van der Waals surface area contributed by atoms with Gasteiger partial charge in [0.25, 0.3) is 0 Å². The molecular formula is C12H26. The lowest BCUT2D eigenvalue weighted by Gasteiger charge is -1.48. The van der Waals surface area contributed by atoms with E-state index in [1.165, 1.54) is 6.42 Å². The molecular weight excluding hydrogens is 144 g/mol. The molecule has 12 heavy (non-hydrogen) atoms. The molecule has 0 rings (SSSR count). The van der Waals surface area contributed by atoms with Crippen LogP contribution in [0.25, 0.3) is 0 Å². The number of hydrogen-bond acceptors (Lipinski definition) is 0. The zero-order chi connectivity index (χ0) is 11.4. The van der Waals surface area contributed by atoms with Crippen molar-refractivity contribution < 1.29 is 0 Å². The summed E-state index contributed by atoms with van der Waals surface area (Å²) in [6.07, 6.45) is 5.85. The normalized spacial score (nSPS) is 3.33. The van der Waals surface area contributed by atoms with Gasteiger partial charge >= 0.3 is 0 Å². The first-order valence-corrected chi connectivity index (χ1v) is 4.20. The van der Waals surface area contributed by atoms with Crippen molar-refractivity contribution in [2.24, 2.45) is 0 Å². The third-order valence-electron chi connectivity index (χ3n) is 0. The topological polar surface area (TPSA) is 0 Å². The summed E-state index contributed by atoms with van der Waals surface area (Å²) in [5, 5.41) is 0.